The van der Waals surface area contributed by atoms with Crippen molar-refractivity contribution < 1.29 is 19.5 Å². The maximum absolute atomic E-state index is 12.5. The maximum atomic E-state index is 12.5. The van der Waals surface area contributed by atoms with E-state index in [2.05, 4.69) is 10.4 Å². The molecule has 8 heteroatoms. The fourth-order valence-corrected chi connectivity index (χ4v) is 3.25. The number of rotatable bonds is 5. The molecule has 1 saturated heterocycles. The second-order valence-electron chi connectivity index (χ2n) is 6.73. The second kappa shape index (κ2) is 7.15. The van der Waals surface area contributed by atoms with Gasteiger partial charge < -0.3 is 15.3 Å². The van der Waals surface area contributed by atoms with E-state index in [0.29, 0.717) is 18.7 Å². The van der Waals surface area contributed by atoms with Crippen LogP contribution in [0.25, 0.3) is 0 Å². The van der Waals surface area contributed by atoms with Gasteiger partial charge in [0.05, 0.1) is 5.69 Å². The number of carbonyl (C=O) groups excluding carboxylic acids is 2. The molecule has 2 atom stereocenters. The van der Waals surface area contributed by atoms with Gasteiger partial charge in [-0.25, -0.2) is 4.79 Å². The zero-order valence-corrected chi connectivity index (χ0v) is 14.8. The van der Waals surface area contributed by atoms with Crippen molar-refractivity contribution in [2.75, 3.05) is 11.6 Å². The van der Waals surface area contributed by atoms with Crippen LogP contribution in [-0.4, -0.2) is 58.2 Å². The Hall–Kier alpha value is -2.90. The van der Waals surface area contributed by atoms with Gasteiger partial charge in [0.25, 0.3) is 5.91 Å². The van der Waals surface area contributed by atoms with Gasteiger partial charge in [0.1, 0.15) is 11.8 Å². The number of benzene rings is 1. The number of aliphatic carboxylic acids is 1. The fourth-order valence-electron chi connectivity index (χ4n) is 3.25. The van der Waals surface area contributed by atoms with Crippen LogP contribution in [0.2, 0.25) is 0 Å². The molecule has 2 aliphatic heterocycles. The predicted octanol–water partition coefficient (Wildman–Crippen LogP) is 0.831. The van der Waals surface area contributed by atoms with E-state index < -0.39 is 24.0 Å². The summed E-state index contributed by atoms with van der Waals surface area (Å²) in [4.78, 5) is 38.1. The molecular formula is C18H22N4O4. The van der Waals surface area contributed by atoms with Crippen molar-refractivity contribution in [2.45, 2.75) is 44.8 Å². The van der Waals surface area contributed by atoms with Crippen molar-refractivity contribution in [1.82, 2.24) is 10.2 Å². The lowest BCUT2D eigenvalue weighted by Gasteiger charge is -2.21. The number of hydrogen-bond acceptors (Lipinski definition) is 5. The number of amides is 2. The Bertz CT molecular complexity index is 747. The summed E-state index contributed by atoms with van der Waals surface area (Å²) < 4.78 is 0. The molecule has 0 aliphatic carbocycles. The van der Waals surface area contributed by atoms with Gasteiger partial charge in [-0.1, -0.05) is 18.2 Å². The van der Waals surface area contributed by atoms with Gasteiger partial charge in [-0.05, 0) is 32.4 Å². The minimum atomic E-state index is -1.05. The third-order valence-corrected chi connectivity index (χ3v) is 4.65. The molecule has 0 radical (unpaired) electrons. The molecule has 0 saturated carbocycles. The van der Waals surface area contributed by atoms with Crippen LogP contribution in [0.1, 0.15) is 26.7 Å². The summed E-state index contributed by atoms with van der Waals surface area (Å²) in [5.74, 6) is -1.65. The van der Waals surface area contributed by atoms with Crippen LogP contribution in [0, 0.1) is 0 Å². The molecular weight excluding hydrogens is 336 g/mol. The average molecular weight is 358 g/mol. The van der Waals surface area contributed by atoms with Crippen LogP contribution in [0.3, 0.4) is 0 Å². The number of para-hydroxylation sites is 1. The number of nitrogens with zero attached hydrogens (tertiary/aromatic N) is 3. The van der Waals surface area contributed by atoms with Crippen molar-refractivity contribution in [3.8, 4) is 0 Å². The molecule has 0 spiro atoms. The maximum Gasteiger partial charge on any atom is 0.328 e. The molecule has 0 aromatic heterocycles. The molecule has 1 aromatic rings. The van der Waals surface area contributed by atoms with E-state index in [1.165, 1.54) is 5.01 Å². The molecule has 0 bridgehead atoms. The molecule has 2 amide bonds. The van der Waals surface area contributed by atoms with E-state index in [4.69, 9.17) is 0 Å². The molecule has 138 valence electrons. The number of carboxylic acids is 1. The third-order valence-electron chi connectivity index (χ3n) is 4.65. The first-order valence-corrected chi connectivity index (χ1v) is 8.64. The molecule has 3 rings (SSSR count). The highest BCUT2D eigenvalue weighted by Gasteiger charge is 2.39. The van der Waals surface area contributed by atoms with Gasteiger partial charge in [-0.3, -0.25) is 14.6 Å². The lowest BCUT2D eigenvalue weighted by molar-refractivity contribution is -0.138. The average Bonchev–Trinajstić information content (AvgIpc) is 3.20. The zero-order chi connectivity index (χ0) is 18.8. The monoisotopic (exact) mass is 358 g/mol. The number of likely N-dealkylation sites (tertiary alicyclic amines) is 1. The highest BCUT2D eigenvalue weighted by atomic mass is 16.4. The van der Waals surface area contributed by atoms with Crippen LogP contribution in [0.5, 0.6) is 0 Å². The normalized spacial score (nSPS) is 22.7. The summed E-state index contributed by atoms with van der Waals surface area (Å²) in [6, 6.07) is 7.41. The van der Waals surface area contributed by atoms with Crippen molar-refractivity contribution >= 4 is 29.2 Å². The first-order chi connectivity index (χ1) is 12.4. The Kier molecular flexibility index (Phi) is 4.92. The third kappa shape index (κ3) is 3.40. The van der Waals surface area contributed by atoms with Gasteiger partial charge in [-0.2, -0.15) is 5.10 Å². The van der Waals surface area contributed by atoms with Gasteiger partial charge in [-0.15, -0.1) is 0 Å². The van der Waals surface area contributed by atoms with E-state index in [1.54, 1.807) is 29.2 Å². The van der Waals surface area contributed by atoms with E-state index in [-0.39, 0.29) is 24.1 Å². The number of nitrogens with one attached hydrogen (secondary N) is 1. The number of hydrogen-bond donors (Lipinski definition) is 2. The first kappa shape index (κ1) is 17.9. The number of carbonyl (C=O) groups is 3. The molecule has 26 heavy (non-hydrogen) atoms. The van der Waals surface area contributed by atoms with Crippen molar-refractivity contribution in [2.24, 2.45) is 5.10 Å². The number of carboxylic acid groups (broad SMARTS) is 1. The summed E-state index contributed by atoms with van der Waals surface area (Å²) in [5, 5.41) is 17.7. The number of hydrazone groups is 1. The van der Waals surface area contributed by atoms with E-state index >= 15 is 0 Å². The standard InChI is InChI=1S/C18H22N4O4/c1-11(2)21-9-8-13(17(21)24)19-16(23)14-10-15(18(25)26)22(20-14)12-6-4-3-5-7-12/h3-7,11,13,15H,8-10H2,1-2H3,(H,19,23)(H,25,26). The molecule has 1 fully saturated rings. The Balaban J connectivity index is 1.73. The summed E-state index contributed by atoms with van der Waals surface area (Å²) in [7, 11) is 0. The molecule has 2 heterocycles. The smallest absolute Gasteiger partial charge is 0.328 e. The SMILES string of the molecule is CC(C)N1CCC(NC(=O)C2=NN(c3ccccc3)C(C(=O)O)C2)C1=O. The summed E-state index contributed by atoms with van der Waals surface area (Å²) in [6.45, 7) is 4.46. The van der Waals surface area contributed by atoms with Crippen LogP contribution in [0.15, 0.2) is 35.4 Å². The quantitative estimate of drug-likeness (QED) is 0.812. The molecule has 8 nitrogen and oxygen atoms in total. The molecule has 2 N–H and O–H groups in total. The van der Waals surface area contributed by atoms with E-state index in [0.717, 1.165) is 0 Å². The predicted molar refractivity (Wildman–Crippen MR) is 95.8 cm³/mol. The Labute approximate surface area is 151 Å². The Morgan fingerprint density at radius 3 is 2.54 bits per heavy atom. The summed E-state index contributed by atoms with van der Waals surface area (Å²) in [5.41, 5.74) is 0.725. The minimum absolute atomic E-state index is 0.00906. The van der Waals surface area contributed by atoms with Gasteiger partial charge in [0.15, 0.2) is 6.04 Å². The first-order valence-electron chi connectivity index (χ1n) is 8.64. The van der Waals surface area contributed by atoms with Crippen LogP contribution < -0.4 is 10.3 Å². The van der Waals surface area contributed by atoms with E-state index in [1.807, 2.05) is 19.9 Å². The largest absolute Gasteiger partial charge is 0.480 e. The zero-order valence-electron chi connectivity index (χ0n) is 14.8. The highest BCUT2D eigenvalue weighted by molar-refractivity contribution is 6.40. The topological polar surface area (TPSA) is 102 Å². The van der Waals surface area contributed by atoms with Crippen molar-refractivity contribution in [1.29, 1.82) is 0 Å². The van der Waals surface area contributed by atoms with Crippen LogP contribution in [0.4, 0.5) is 5.69 Å². The van der Waals surface area contributed by atoms with Crippen LogP contribution in [-0.2, 0) is 14.4 Å². The fraction of sp³-hybridized carbons (Fsp3) is 0.444. The van der Waals surface area contributed by atoms with Gasteiger partial charge in [0, 0.05) is 19.0 Å². The molecule has 2 aliphatic rings. The van der Waals surface area contributed by atoms with E-state index in [9.17, 15) is 19.5 Å². The van der Waals surface area contributed by atoms with Crippen molar-refractivity contribution in [3.63, 3.8) is 0 Å². The summed E-state index contributed by atoms with van der Waals surface area (Å²) in [6.07, 6.45) is 0.533. The van der Waals surface area contributed by atoms with Crippen molar-refractivity contribution in [3.05, 3.63) is 30.3 Å². The lowest BCUT2D eigenvalue weighted by atomic mass is 10.1. The highest BCUT2D eigenvalue weighted by Crippen LogP contribution is 2.25. The lowest BCUT2D eigenvalue weighted by Crippen LogP contribution is -2.45. The molecule has 1 aromatic carbocycles. The Morgan fingerprint density at radius 2 is 1.96 bits per heavy atom. The molecule has 2 unspecified atom stereocenters. The summed E-state index contributed by atoms with van der Waals surface area (Å²) >= 11 is 0. The number of anilines is 1. The van der Waals surface area contributed by atoms with Crippen LogP contribution >= 0.6 is 0 Å². The Morgan fingerprint density at radius 1 is 1.27 bits per heavy atom. The van der Waals surface area contributed by atoms with Gasteiger partial charge in [0.2, 0.25) is 5.91 Å². The minimum Gasteiger partial charge on any atom is -0.480 e. The second-order valence-corrected chi connectivity index (χ2v) is 6.73. The van der Waals surface area contributed by atoms with Gasteiger partial charge >= 0.3 is 5.97 Å².